The third kappa shape index (κ3) is 0.944. The van der Waals surface area contributed by atoms with E-state index in [1.807, 2.05) is 0 Å². The number of rotatable bonds is 0. The van der Waals surface area contributed by atoms with Crippen LogP contribution in [-0.2, 0) is 0 Å². The van der Waals surface area contributed by atoms with Gasteiger partial charge in [0.05, 0.1) is 6.17 Å². The van der Waals surface area contributed by atoms with Gasteiger partial charge >= 0.3 is 0 Å². The van der Waals surface area contributed by atoms with Gasteiger partial charge in [0.25, 0.3) is 0 Å². The van der Waals surface area contributed by atoms with E-state index in [0.29, 0.717) is 0 Å². The molecule has 3 aliphatic rings. The Bertz CT molecular complexity index is 161. The molecule has 0 aromatic carbocycles. The lowest BCUT2D eigenvalue weighted by Gasteiger charge is -2.39. The molecule has 3 atom stereocenters. The van der Waals surface area contributed by atoms with E-state index in [9.17, 15) is 0 Å². The van der Waals surface area contributed by atoms with E-state index in [4.69, 9.17) is 0 Å². The Hall–Kier alpha value is -0.0800. The standard InChI is InChI=1S/C10H18N2/c1-2-8-4-5-10-11-6-7-12(10)9(8)3-1/h8-11H,1-7H2. The van der Waals surface area contributed by atoms with E-state index in [1.54, 1.807) is 0 Å². The normalized spacial score (nSPS) is 47.5. The fourth-order valence-electron chi connectivity index (χ4n) is 3.46. The third-order valence-electron chi connectivity index (χ3n) is 4.01. The number of piperidine rings is 1. The maximum atomic E-state index is 3.60. The fraction of sp³-hybridized carbons (Fsp3) is 1.00. The second kappa shape index (κ2) is 2.71. The molecule has 0 radical (unpaired) electrons. The Morgan fingerprint density at radius 2 is 2.08 bits per heavy atom. The fourth-order valence-corrected chi connectivity index (χ4v) is 3.46. The van der Waals surface area contributed by atoms with Crippen molar-refractivity contribution in [2.75, 3.05) is 13.1 Å². The van der Waals surface area contributed by atoms with Crippen LogP contribution in [0.3, 0.4) is 0 Å². The molecule has 0 aromatic rings. The van der Waals surface area contributed by atoms with Crippen molar-refractivity contribution < 1.29 is 0 Å². The van der Waals surface area contributed by atoms with Gasteiger partial charge in [-0.2, -0.15) is 0 Å². The van der Waals surface area contributed by atoms with E-state index in [2.05, 4.69) is 10.2 Å². The second-order valence-electron chi connectivity index (χ2n) is 4.54. The van der Waals surface area contributed by atoms with Crippen LogP contribution in [0.2, 0.25) is 0 Å². The first-order valence-corrected chi connectivity index (χ1v) is 5.44. The monoisotopic (exact) mass is 166 g/mol. The molecule has 2 saturated heterocycles. The highest BCUT2D eigenvalue weighted by molar-refractivity contribution is 4.95. The molecule has 3 rings (SSSR count). The molecular weight excluding hydrogens is 148 g/mol. The Morgan fingerprint density at radius 1 is 1.08 bits per heavy atom. The largest absolute Gasteiger partial charge is 0.300 e. The minimum atomic E-state index is 0.754. The van der Waals surface area contributed by atoms with Crippen molar-refractivity contribution in [3.05, 3.63) is 0 Å². The van der Waals surface area contributed by atoms with Gasteiger partial charge in [-0.15, -0.1) is 0 Å². The lowest BCUT2D eigenvalue weighted by Crippen LogP contribution is -2.48. The van der Waals surface area contributed by atoms with E-state index in [1.165, 1.54) is 45.2 Å². The van der Waals surface area contributed by atoms with E-state index >= 15 is 0 Å². The smallest absolute Gasteiger partial charge is 0.0600 e. The van der Waals surface area contributed by atoms with Crippen molar-refractivity contribution in [2.45, 2.75) is 44.3 Å². The van der Waals surface area contributed by atoms with Gasteiger partial charge in [0.15, 0.2) is 0 Å². The number of hydrogen-bond donors (Lipinski definition) is 1. The highest BCUT2D eigenvalue weighted by Crippen LogP contribution is 2.39. The molecule has 3 fully saturated rings. The van der Waals surface area contributed by atoms with Crippen molar-refractivity contribution in [3.63, 3.8) is 0 Å². The summed E-state index contributed by atoms with van der Waals surface area (Å²) in [6.45, 7) is 2.54. The summed E-state index contributed by atoms with van der Waals surface area (Å²) in [5.74, 6) is 1.06. The SMILES string of the molecule is C1CC2CCC3NCCN3C2C1. The number of nitrogens with zero attached hydrogens (tertiary/aromatic N) is 1. The molecule has 2 heterocycles. The molecule has 2 aliphatic heterocycles. The van der Waals surface area contributed by atoms with E-state index < -0.39 is 0 Å². The number of hydrogen-bond acceptors (Lipinski definition) is 2. The van der Waals surface area contributed by atoms with E-state index in [-0.39, 0.29) is 0 Å². The van der Waals surface area contributed by atoms with E-state index in [0.717, 1.165) is 18.1 Å². The van der Waals surface area contributed by atoms with Crippen LogP contribution in [0, 0.1) is 5.92 Å². The number of fused-ring (bicyclic) bond motifs is 3. The molecule has 1 N–H and O–H groups in total. The van der Waals surface area contributed by atoms with Crippen LogP contribution >= 0.6 is 0 Å². The molecule has 1 saturated carbocycles. The van der Waals surface area contributed by atoms with Gasteiger partial charge < -0.3 is 5.32 Å². The molecule has 3 unspecified atom stereocenters. The lowest BCUT2D eigenvalue weighted by atomic mass is 9.91. The predicted octanol–water partition coefficient (Wildman–Crippen LogP) is 1.18. The van der Waals surface area contributed by atoms with Crippen LogP contribution < -0.4 is 5.32 Å². The van der Waals surface area contributed by atoms with Crippen LogP contribution in [0.5, 0.6) is 0 Å². The topological polar surface area (TPSA) is 15.3 Å². The summed E-state index contributed by atoms with van der Waals surface area (Å²) in [5.41, 5.74) is 0. The van der Waals surface area contributed by atoms with Crippen LogP contribution in [0.1, 0.15) is 32.1 Å². The van der Waals surface area contributed by atoms with Gasteiger partial charge in [0.1, 0.15) is 0 Å². The highest BCUT2D eigenvalue weighted by Gasteiger charge is 2.41. The van der Waals surface area contributed by atoms with Gasteiger partial charge in [-0.3, -0.25) is 4.90 Å². The zero-order chi connectivity index (χ0) is 7.97. The van der Waals surface area contributed by atoms with Crippen molar-refractivity contribution in [3.8, 4) is 0 Å². The van der Waals surface area contributed by atoms with Crippen molar-refractivity contribution in [2.24, 2.45) is 5.92 Å². The maximum absolute atomic E-state index is 3.60. The average Bonchev–Trinajstić information content (AvgIpc) is 2.71. The zero-order valence-corrected chi connectivity index (χ0v) is 7.63. The van der Waals surface area contributed by atoms with Crippen molar-refractivity contribution >= 4 is 0 Å². The predicted molar refractivity (Wildman–Crippen MR) is 48.9 cm³/mol. The van der Waals surface area contributed by atoms with Gasteiger partial charge in [0.2, 0.25) is 0 Å². The van der Waals surface area contributed by atoms with Crippen LogP contribution in [0.4, 0.5) is 0 Å². The maximum Gasteiger partial charge on any atom is 0.0600 e. The molecule has 12 heavy (non-hydrogen) atoms. The molecule has 1 aliphatic carbocycles. The average molecular weight is 166 g/mol. The Balaban J connectivity index is 1.81. The molecule has 0 amide bonds. The Morgan fingerprint density at radius 3 is 3.08 bits per heavy atom. The van der Waals surface area contributed by atoms with Gasteiger partial charge in [0, 0.05) is 19.1 Å². The summed E-state index contributed by atoms with van der Waals surface area (Å²) < 4.78 is 0. The minimum Gasteiger partial charge on any atom is -0.300 e. The first-order valence-electron chi connectivity index (χ1n) is 5.44. The Kier molecular flexibility index (Phi) is 1.66. The molecule has 2 heteroatoms. The summed E-state index contributed by atoms with van der Waals surface area (Å²) in [5, 5.41) is 3.60. The zero-order valence-electron chi connectivity index (χ0n) is 7.63. The molecular formula is C10H18N2. The first kappa shape index (κ1) is 7.34. The Labute approximate surface area is 74.3 Å². The van der Waals surface area contributed by atoms with Crippen molar-refractivity contribution in [1.82, 2.24) is 10.2 Å². The van der Waals surface area contributed by atoms with Crippen LogP contribution in [0.15, 0.2) is 0 Å². The first-order chi connectivity index (χ1) is 5.95. The minimum absolute atomic E-state index is 0.754. The molecule has 0 bridgehead atoms. The van der Waals surface area contributed by atoms with Gasteiger partial charge in [-0.1, -0.05) is 6.42 Å². The molecule has 68 valence electrons. The van der Waals surface area contributed by atoms with Crippen LogP contribution in [-0.4, -0.2) is 30.2 Å². The van der Waals surface area contributed by atoms with Gasteiger partial charge in [-0.05, 0) is 31.6 Å². The van der Waals surface area contributed by atoms with Gasteiger partial charge in [-0.25, -0.2) is 0 Å². The quantitative estimate of drug-likeness (QED) is 0.581. The summed E-state index contributed by atoms with van der Waals surface area (Å²) in [4.78, 5) is 2.74. The molecule has 2 nitrogen and oxygen atoms in total. The second-order valence-corrected chi connectivity index (χ2v) is 4.54. The van der Waals surface area contributed by atoms with Crippen LogP contribution in [0.25, 0.3) is 0 Å². The van der Waals surface area contributed by atoms with Crippen molar-refractivity contribution in [1.29, 1.82) is 0 Å². The summed E-state index contributed by atoms with van der Waals surface area (Å²) in [7, 11) is 0. The summed E-state index contributed by atoms with van der Waals surface area (Å²) in [6.07, 6.45) is 8.11. The molecule has 0 spiro atoms. The third-order valence-corrected chi connectivity index (χ3v) is 4.01. The summed E-state index contributed by atoms with van der Waals surface area (Å²) in [6, 6.07) is 0.957. The highest BCUT2D eigenvalue weighted by atomic mass is 15.4. The number of nitrogens with one attached hydrogen (secondary N) is 1. The summed E-state index contributed by atoms with van der Waals surface area (Å²) >= 11 is 0. The molecule has 0 aromatic heterocycles. The lowest BCUT2D eigenvalue weighted by molar-refractivity contribution is 0.0826.